The maximum atomic E-state index is 4.88. The fourth-order valence-corrected chi connectivity index (χ4v) is 5.26. The predicted octanol–water partition coefficient (Wildman–Crippen LogP) is 7.46. The Labute approximate surface area is 205 Å². The smallest absolute Gasteiger partial charge is 0.165 e. The molecule has 0 bridgehead atoms. The van der Waals surface area contributed by atoms with E-state index in [4.69, 9.17) is 19.9 Å². The minimum absolute atomic E-state index is 0.163. The van der Waals surface area contributed by atoms with Gasteiger partial charge < -0.3 is 0 Å². The van der Waals surface area contributed by atoms with Crippen molar-refractivity contribution in [1.82, 2.24) is 19.9 Å². The zero-order chi connectivity index (χ0) is 25.3. The number of nitrogens with zero attached hydrogens (tertiary/aromatic N) is 4. The van der Waals surface area contributed by atoms with E-state index in [0.29, 0.717) is 5.82 Å². The highest BCUT2D eigenvalue weighted by Gasteiger charge is 2.41. The summed E-state index contributed by atoms with van der Waals surface area (Å²) in [6.45, 7) is 24.4. The van der Waals surface area contributed by atoms with Crippen LogP contribution in [-0.2, 0) is 21.7 Å². The molecule has 4 nitrogen and oxygen atoms in total. The van der Waals surface area contributed by atoms with E-state index in [-0.39, 0.29) is 21.7 Å². The van der Waals surface area contributed by atoms with E-state index >= 15 is 0 Å². The molecule has 0 atom stereocenters. The molecule has 0 fully saturated rings. The second-order valence-electron chi connectivity index (χ2n) is 13.4. The number of hydrogen-bond acceptors (Lipinski definition) is 4. The number of aromatic nitrogens is 4. The predicted molar refractivity (Wildman–Crippen MR) is 141 cm³/mol. The van der Waals surface area contributed by atoms with Crippen LogP contribution < -0.4 is 0 Å². The Kier molecular flexibility index (Phi) is 5.54. The third kappa shape index (κ3) is 4.39. The highest BCUT2D eigenvalue weighted by atomic mass is 15.1. The van der Waals surface area contributed by atoms with E-state index in [2.05, 4.69) is 100 Å². The molecule has 34 heavy (non-hydrogen) atoms. The maximum Gasteiger partial charge on any atom is 0.165 e. The summed E-state index contributed by atoms with van der Waals surface area (Å²) >= 11 is 0. The first kappa shape index (κ1) is 24.5. The van der Waals surface area contributed by atoms with E-state index in [1.54, 1.807) is 0 Å². The van der Waals surface area contributed by atoms with Crippen LogP contribution in [0.3, 0.4) is 0 Å². The van der Waals surface area contributed by atoms with Crippen molar-refractivity contribution in [2.45, 2.75) is 104 Å². The Morgan fingerprint density at radius 1 is 0.735 bits per heavy atom. The van der Waals surface area contributed by atoms with Crippen molar-refractivity contribution < 1.29 is 0 Å². The Morgan fingerprint density at radius 3 is 1.82 bits per heavy atom. The molecule has 3 aromatic rings. The summed E-state index contributed by atoms with van der Waals surface area (Å²) in [6.07, 6.45) is 3.09. The Balaban J connectivity index is 1.79. The third-order valence-corrected chi connectivity index (χ3v) is 6.99. The normalized spacial score (nSPS) is 17.0. The number of fused-ring (bicyclic) bond motifs is 1. The van der Waals surface area contributed by atoms with Crippen LogP contribution in [0.1, 0.15) is 104 Å². The van der Waals surface area contributed by atoms with E-state index < -0.39 is 0 Å². The Morgan fingerprint density at radius 2 is 1.29 bits per heavy atom. The van der Waals surface area contributed by atoms with Crippen molar-refractivity contribution >= 4 is 0 Å². The highest BCUT2D eigenvalue weighted by molar-refractivity contribution is 5.68. The molecule has 0 N–H and O–H groups in total. The molecule has 180 valence electrons. The molecule has 2 aromatic heterocycles. The van der Waals surface area contributed by atoms with Crippen molar-refractivity contribution in [3.05, 3.63) is 58.8 Å². The van der Waals surface area contributed by atoms with Gasteiger partial charge in [-0.1, -0.05) is 81.4 Å². The lowest BCUT2D eigenvalue weighted by atomic mass is 9.82. The van der Waals surface area contributed by atoms with Gasteiger partial charge in [0.25, 0.3) is 0 Å². The van der Waals surface area contributed by atoms with E-state index in [1.807, 2.05) is 6.20 Å². The lowest BCUT2D eigenvalue weighted by molar-refractivity contribution is 0.403. The zero-order valence-electron chi connectivity index (χ0n) is 22.9. The molecule has 4 heteroatoms. The second kappa shape index (κ2) is 7.69. The van der Waals surface area contributed by atoms with Crippen molar-refractivity contribution in [2.75, 3.05) is 0 Å². The monoisotopic (exact) mass is 456 g/mol. The quantitative estimate of drug-likeness (QED) is 0.401. The Bertz CT molecular complexity index is 1220. The molecule has 1 aliphatic carbocycles. The summed E-state index contributed by atoms with van der Waals surface area (Å²) in [5, 5.41) is 0. The van der Waals surface area contributed by atoms with Crippen LogP contribution >= 0.6 is 0 Å². The summed E-state index contributed by atoms with van der Waals surface area (Å²) < 4.78 is 0. The van der Waals surface area contributed by atoms with Crippen LogP contribution in [-0.4, -0.2) is 19.9 Å². The molecule has 1 aromatic carbocycles. The Hall–Kier alpha value is -2.62. The van der Waals surface area contributed by atoms with Crippen molar-refractivity contribution in [3.8, 4) is 22.6 Å². The second-order valence-corrected chi connectivity index (χ2v) is 13.4. The highest BCUT2D eigenvalue weighted by Crippen LogP contribution is 2.50. The first-order valence-corrected chi connectivity index (χ1v) is 12.4. The number of benzene rings is 1. The molecule has 0 aliphatic heterocycles. The average Bonchev–Trinajstić information content (AvgIpc) is 2.89. The largest absolute Gasteiger partial charge is 0.255 e. The van der Waals surface area contributed by atoms with Crippen LogP contribution in [0.2, 0.25) is 0 Å². The van der Waals surface area contributed by atoms with Gasteiger partial charge in [-0.25, -0.2) is 15.0 Å². The van der Waals surface area contributed by atoms with Crippen molar-refractivity contribution in [1.29, 1.82) is 0 Å². The van der Waals surface area contributed by atoms with Crippen LogP contribution in [0.15, 0.2) is 30.5 Å². The lowest BCUT2D eigenvalue weighted by Crippen LogP contribution is -2.24. The van der Waals surface area contributed by atoms with Gasteiger partial charge in [0.05, 0.1) is 5.69 Å². The topological polar surface area (TPSA) is 51.6 Å². The van der Waals surface area contributed by atoms with E-state index in [0.717, 1.165) is 34.9 Å². The lowest BCUT2D eigenvalue weighted by Gasteiger charge is -2.23. The van der Waals surface area contributed by atoms with Gasteiger partial charge in [-0.15, -0.1) is 0 Å². The SMILES string of the molecule is Cc1cc(-c2ccc3c(c2)C(C)(C)CC3(C)C)ncc1-c1nc(C(C)(C)C)nc(C(C)(C)C)n1. The molecule has 0 amide bonds. The molecule has 0 spiro atoms. The van der Waals surface area contributed by atoms with Crippen molar-refractivity contribution in [3.63, 3.8) is 0 Å². The average molecular weight is 457 g/mol. The van der Waals surface area contributed by atoms with Gasteiger partial charge >= 0.3 is 0 Å². The van der Waals surface area contributed by atoms with E-state index in [1.165, 1.54) is 16.7 Å². The first-order chi connectivity index (χ1) is 15.5. The summed E-state index contributed by atoms with van der Waals surface area (Å²) in [5.74, 6) is 2.34. The van der Waals surface area contributed by atoms with Crippen LogP contribution in [0.5, 0.6) is 0 Å². The van der Waals surface area contributed by atoms with Crippen LogP contribution in [0.4, 0.5) is 0 Å². The van der Waals surface area contributed by atoms with Crippen molar-refractivity contribution in [2.24, 2.45) is 0 Å². The molecule has 0 unspecified atom stereocenters. The van der Waals surface area contributed by atoms with Gasteiger partial charge in [-0.3, -0.25) is 4.98 Å². The fraction of sp³-hybridized carbons (Fsp3) is 0.533. The molecule has 0 saturated carbocycles. The summed E-state index contributed by atoms with van der Waals surface area (Å²) in [4.78, 5) is 19.4. The number of aryl methyl sites for hydroxylation is 1. The van der Waals surface area contributed by atoms with Gasteiger partial charge in [0.1, 0.15) is 11.6 Å². The number of pyridine rings is 1. The molecular formula is C30H40N4. The molecule has 1 aliphatic rings. The van der Waals surface area contributed by atoms with Crippen LogP contribution in [0.25, 0.3) is 22.6 Å². The minimum atomic E-state index is -0.163. The molecular weight excluding hydrogens is 416 g/mol. The van der Waals surface area contributed by atoms with Gasteiger partial charge in [0, 0.05) is 28.2 Å². The van der Waals surface area contributed by atoms with E-state index in [9.17, 15) is 0 Å². The maximum absolute atomic E-state index is 4.88. The van der Waals surface area contributed by atoms with Gasteiger partial charge in [0.15, 0.2) is 5.82 Å². The molecule has 0 radical (unpaired) electrons. The van der Waals surface area contributed by atoms with Gasteiger partial charge in [0.2, 0.25) is 0 Å². The summed E-state index contributed by atoms with van der Waals surface area (Å²) in [6, 6.07) is 9.05. The summed E-state index contributed by atoms with van der Waals surface area (Å²) in [5.41, 5.74) is 7.20. The summed E-state index contributed by atoms with van der Waals surface area (Å²) in [7, 11) is 0. The fourth-order valence-electron chi connectivity index (χ4n) is 5.26. The molecule has 0 saturated heterocycles. The molecule has 4 rings (SSSR count). The standard InChI is InChI=1S/C30H40N4/c1-18-14-23(19-12-13-21-22(15-19)30(10,11)17-29(21,8)9)31-16-20(18)24-32-25(27(2,3)4)34-26(33-24)28(5,6)7/h12-16H,17H2,1-11H3. The van der Waals surface area contributed by atoms with Gasteiger partial charge in [-0.05, 0) is 53.0 Å². The number of hydrogen-bond donors (Lipinski definition) is 0. The van der Waals surface area contributed by atoms with Gasteiger partial charge in [-0.2, -0.15) is 0 Å². The third-order valence-electron chi connectivity index (χ3n) is 6.99. The first-order valence-electron chi connectivity index (χ1n) is 12.4. The number of rotatable bonds is 2. The zero-order valence-corrected chi connectivity index (χ0v) is 22.9. The van der Waals surface area contributed by atoms with Crippen LogP contribution in [0, 0.1) is 6.92 Å². The minimum Gasteiger partial charge on any atom is -0.255 e. The molecule has 2 heterocycles.